The first kappa shape index (κ1) is 15.2. The molecule has 3 heteroatoms. The molecule has 20 heavy (non-hydrogen) atoms. The van der Waals surface area contributed by atoms with Gasteiger partial charge in [-0.25, -0.2) is 0 Å². The van der Waals surface area contributed by atoms with Crippen LogP contribution in [-0.2, 0) is 0 Å². The van der Waals surface area contributed by atoms with Crippen molar-refractivity contribution in [3.8, 4) is 6.07 Å². The summed E-state index contributed by atoms with van der Waals surface area (Å²) in [5.74, 6) is 0. The molecule has 0 aliphatic heterocycles. The third kappa shape index (κ3) is 3.46. The topological polar surface area (TPSA) is 35.8 Å². The number of benzene rings is 1. The molecule has 1 aliphatic rings. The number of nitrogens with one attached hydrogen (secondary N) is 1. The van der Waals surface area contributed by atoms with Crippen molar-refractivity contribution in [1.29, 1.82) is 5.26 Å². The lowest BCUT2D eigenvalue weighted by atomic mass is 9.58. The minimum atomic E-state index is -0.501. The lowest BCUT2D eigenvalue weighted by Crippen LogP contribution is -2.50. The fraction of sp³-hybridized carbons (Fsp3) is 0.588. The van der Waals surface area contributed by atoms with E-state index in [0.717, 1.165) is 24.9 Å². The zero-order valence-electron chi connectivity index (χ0n) is 12.8. The third-order valence-electron chi connectivity index (χ3n) is 3.96. The fourth-order valence-electron chi connectivity index (χ4n) is 4.12. The number of hydrogen-bond donors (Lipinski definition) is 1. The smallest absolute Gasteiger partial charge is 0.126 e. The van der Waals surface area contributed by atoms with Crippen molar-refractivity contribution in [1.82, 2.24) is 0 Å². The first-order valence-corrected chi connectivity index (χ1v) is 7.48. The number of nitriles is 1. The number of rotatable bonds is 2. The number of nitrogens with zero attached hydrogens (tertiary/aromatic N) is 1. The van der Waals surface area contributed by atoms with Crippen LogP contribution < -0.4 is 5.32 Å². The van der Waals surface area contributed by atoms with Crippen LogP contribution in [0.3, 0.4) is 0 Å². The first-order chi connectivity index (χ1) is 9.15. The second kappa shape index (κ2) is 4.97. The minimum Gasteiger partial charge on any atom is -0.367 e. The molecule has 2 rings (SSSR count). The summed E-state index contributed by atoms with van der Waals surface area (Å²) >= 11 is 5.92. The van der Waals surface area contributed by atoms with Gasteiger partial charge in [0.15, 0.2) is 0 Å². The Morgan fingerprint density at radius 3 is 1.95 bits per heavy atom. The van der Waals surface area contributed by atoms with Crippen LogP contribution in [0.2, 0.25) is 5.02 Å². The Hall–Kier alpha value is -1.20. The molecule has 0 aromatic heterocycles. The summed E-state index contributed by atoms with van der Waals surface area (Å²) in [7, 11) is 0. The molecule has 0 atom stereocenters. The van der Waals surface area contributed by atoms with Crippen molar-refractivity contribution in [2.75, 3.05) is 5.32 Å². The second-order valence-corrected chi connectivity index (χ2v) is 8.12. The summed E-state index contributed by atoms with van der Waals surface area (Å²) in [6, 6.07) is 10.1. The van der Waals surface area contributed by atoms with E-state index >= 15 is 0 Å². The van der Waals surface area contributed by atoms with E-state index in [0.29, 0.717) is 5.02 Å². The van der Waals surface area contributed by atoms with Crippen LogP contribution in [0, 0.1) is 22.2 Å². The Bertz CT molecular complexity index is 507. The molecule has 1 saturated carbocycles. The SMILES string of the molecule is CC1(C)CC(C)(C)CC(C#N)(Nc2ccc(Cl)cc2)C1. The second-order valence-electron chi connectivity index (χ2n) is 7.68. The van der Waals surface area contributed by atoms with Crippen molar-refractivity contribution in [3.05, 3.63) is 29.3 Å². The molecular weight excluding hydrogens is 268 g/mol. The normalized spacial score (nSPS) is 22.8. The highest BCUT2D eigenvalue weighted by Gasteiger charge is 2.47. The van der Waals surface area contributed by atoms with Gasteiger partial charge in [0.1, 0.15) is 5.54 Å². The molecule has 1 N–H and O–H groups in total. The fourth-order valence-corrected chi connectivity index (χ4v) is 4.25. The van der Waals surface area contributed by atoms with Gasteiger partial charge in [0.05, 0.1) is 6.07 Å². The quantitative estimate of drug-likeness (QED) is 0.807. The van der Waals surface area contributed by atoms with Gasteiger partial charge in [0.25, 0.3) is 0 Å². The molecule has 0 heterocycles. The molecule has 0 bridgehead atoms. The minimum absolute atomic E-state index is 0.164. The molecule has 1 aliphatic carbocycles. The van der Waals surface area contributed by atoms with Crippen LogP contribution in [0.4, 0.5) is 5.69 Å². The lowest BCUT2D eigenvalue weighted by molar-refractivity contribution is 0.0811. The summed E-state index contributed by atoms with van der Waals surface area (Å²) in [6.07, 6.45) is 2.87. The van der Waals surface area contributed by atoms with Crippen LogP contribution in [0.15, 0.2) is 24.3 Å². The van der Waals surface area contributed by atoms with E-state index in [1.807, 2.05) is 24.3 Å². The van der Waals surface area contributed by atoms with Crippen LogP contribution in [0.5, 0.6) is 0 Å². The first-order valence-electron chi connectivity index (χ1n) is 7.11. The van der Waals surface area contributed by atoms with Gasteiger partial charge in [-0.15, -0.1) is 0 Å². The van der Waals surface area contributed by atoms with Crippen molar-refractivity contribution < 1.29 is 0 Å². The Morgan fingerprint density at radius 1 is 1.00 bits per heavy atom. The van der Waals surface area contributed by atoms with E-state index in [1.165, 1.54) is 0 Å². The molecule has 0 unspecified atom stereocenters. The van der Waals surface area contributed by atoms with Crippen molar-refractivity contribution in [3.63, 3.8) is 0 Å². The standard InChI is InChI=1S/C17H23ClN2/c1-15(2)9-16(3,4)11-17(10-15,12-19)20-14-7-5-13(18)6-8-14/h5-8,20H,9-11H2,1-4H3. The van der Waals surface area contributed by atoms with Crippen molar-refractivity contribution in [2.24, 2.45) is 10.8 Å². The summed E-state index contributed by atoms with van der Waals surface area (Å²) < 4.78 is 0. The summed E-state index contributed by atoms with van der Waals surface area (Å²) in [6.45, 7) is 9.01. The molecule has 1 aromatic rings. The van der Waals surface area contributed by atoms with E-state index in [4.69, 9.17) is 11.6 Å². The summed E-state index contributed by atoms with van der Waals surface area (Å²) in [4.78, 5) is 0. The monoisotopic (exact) mass is 290 g/mol. The Morgan fingerprint density at radius 2 is 1.50 bits per heavy atom. The van der Waals surface area contributed by atoms with E-state index in [2.05, 4.69) is 39.1 Å². The van der Waals surface area contributed by atoms with Crippen LogP contribution in [0.25, 0.3) is 0 Å². The van der Waals surface area contributed by atoms with E-state index in [1.54, 1.807) is 0 Å². The molecule has 108 valence electrons. The lowest BCUT2D eigenvalue weighted by Gasteiger charge is -2.49. The predicted molar refractivity (Wildman–Crippen MR) is 84.8 cm³/mol. The molecule has 0 radical (unpaired) electrons. The molecule has 0 saturated heterocycles. The molecule has 1 fully saturated rings. The highest BCUT2D eigenvalue weighted by atomic mass is 35.5. The molecule has 1 aromatic carbocycles. The maximum atomic E-state index is 9.78. The van der Waals surface area contributed by atoms with Gasteiger partial charge in [-0.2, -0.15) is 5.26 Å². The Balaban J connectivity index is 2.29. The number of hydrogen-bond acceptors (Lipinski definition) is 2. The Kier molecular flexibility index (Phi) is 3.77. The van der Waals surface area contributed by atoms with Crippen LogP contribution in [0.1, 0.15) is 47.0 Å². The van der Waals surface area contributed by atoms with E-state index in [-0.39, 0.29) is 10.8 Å². The zero-order valence-corrected chi connectivity index (χ0v) is 13.5. The summed E-state index contributed by atoms with van der Waals surface area (Å²) in [5.41, 5.74) is 0.789. The predicted octanol–water partition coefficient (Wildman–Crippen LogP) is 5.25. The average Bonchev–Trinajstić information content (AvgIpc) is 2.28. The van der Waals surface area contributed by atoms with Gasteiger partial charge in [-0.1, -0.05) is 39.3 Å². The molecular formula is C17H23ClN2. The van der Waals surface area contributed by atoms with Gasteiger partial charge in [-0.05, 0) is 54.4 Å². The molecule has 0 amide bonds. The van der Waals surface area contributed by atoms with Crippen LogP contribution in [-0.4, -0.2) is 5.54 Å². The highest BCUT2D eigenvalue weighted by molar-refractivity contribution is 6.30. The van der Waals surface area contributed by atoms with Crippen molar-refractivity contribution in [2.45, 2.75) is 52.5 Å². The van der Waals surface area contributed by atoms with E-state index in [9.17, 15) is 5.26 Å². The van der Waals surface area contributed by atoms with E-state index < -0.39 is 5.54 Å². The van der Waals surface area contributed by atoms with Crippen molar-refractivity contribution >= 4 is 17.3 Å². The number of halogens is 1. The van der Waals surface area contributed by atoms with Gasteiger partial charge in [-0.3, -0.25) is 0 Å². The zero-order chi connectivity index (χ0) is 15.0. The molecule has 0 spiro atoms. The summed E-state index contributed by atoms with van der Waals surface area (Å²) in [5, 5.41) is 14.0. The largest absolute Gasteiger partial charge is 0.367 e. The van der Waals surface area contributed by atoms with Gasteiger partial charge >= 0.3 is 0 Å². The maximum absolute atomic E-state index is 9.78. The van der Waals surface area contributed by atoms with Crippen LogP contribution >= 0.6 is 11.6 Å². The maximum Gasteiger partial charge on any atom is 0.126 e. The van der Waals surface area contributed by atoms with Gasteiger partial charge in [0.2, 0.25) is 0 Å². The third-order valence-corrected chi connectivity index (χ3v) is 4.21. The van der Waals surface area contributed by atoms with Gasteiger partial charge in [0, 0.05) is 10.7 Å². The molecule has 2 nitrogen and oxygen atoms in total. The number of anilines is 1. The Labute approximate surface area is 127 Å². The average molecular weight is 291 g/mol. The highest BCUT2D eigenvalue weighted by Crippen LogP contribution is 2.50. The van der Waals surface area contributed by atoms with Gasteiger partial charge < -0.3 is 5.32 Å².